The van der Waals surface area contributed by atoms with Gasteiger partial charge in [0.05, 0.1) is 0 Å². The van der Waals surface area contributed by atoms with Crippen LogP contribution >= 0.6 is 0 Å². The van der Waals surface area contributed by atoms with E-state index in [0.717, 1.165) is 83.5 Å². The lowest BCUT2D eigenvalue weighted by Gasteiger charge is -2.18. The van der Waals surface area contributed by atoms with Crippen LogP contribution in [0.1, 0.15) is 335 Å². The Balaban J connectivity index is 4.28. The standard InChI is InChI=1S/C68H122O6/c1-4-7-10-13-16-19-22-25-27-29-31-32-33-34-35-36-37-39-40-43-46-49-52-55-58-61-67(70)73-64-65(63-72-66(69)60-57-54-51-48-45-42-24-21-18-15-12-9-6-3)74-68(71)62-59-56-53-50-47-44-41-38-30-28-26-23-20-17-14-11-8-5-2/h9,12,18,21,28-31,42,45,65H,4-8,10-11,13-17,19-20,22-27,32-41,43-44,46-64H2,1-3H3/b12-9-,21-18-,30-28-,31-29-,45-42-. The molecule has 0 aromatic heterocycles. The van der Waals surface area contributed by atoms with Crippen molar-refractivity contribution in [2.45, 2.75) is 341 Å². The van der Waals surface area contributed by atoms with Crippen molar-refractivity contribution in [2.24, 2.45) is 0 Å². The maximum Gasteiger partial charge on any atom is 0.306 e. The van der Waals surface area contributed by atoms with Crippen LogP contribution in [0.3, 0.4) is 0 Å². The largest absolute Gasteiger partial charge is 0.462 e. The quantitative estimate of drug-likeness (QED) is 0.0261. The van der Waals surface area contributed by atoms with Crippen LogP contribution < -0.4 is 0 Å². The SMILES string of the molecule is CC/C=C\C/C=C\C/C=C\CCCCCC(=O)OCC(COC(=O)CCCCCCCCCCCCCCC/C=C\CCCCCCCCCC)OC(=O)CCCCCCCCC/C=C\CCCCCCCCC. The lowest BCUT2D eigenvalue weighted by molar-refractivity contribution is -0.167. The van der Waals surface area contributed by atoms with Gasteiger partial charge in [0.25, 0.3) is 0 Å². The molecule has 1 unspecified atom stereocenters. The molecule has 0 aliphatic rings. The van der Waals surface area contributed by atoms with Gasteiger partial charge in [-0.2, -0.15) is 0 Å². The van der Waals surface area contributed by atoms with E-state index < -0.39 is 6.10 Å². The van der Waals surface area contributed by atoms with Gasteiger partial charge in [0, 0.05) is 19.3 Å². The molecule has 0 aliphatic carbocycles. The molecule has 74 heavy (non-hydrogen) atoms. The van der Waals surface area contributed by atoms with Gasteiger partial charge < -0.3 is 14.2 Å². The fraction of sp³-hybridized carbons (Fsp3) is 0.809. The van der Waals surface area contributed by atoms with E-state index in [-0.39, 0.29) is 31.1 Å². The van der Waals surface area contributed by atoms with Crippen molar-refractivity contribution in [3.63, 3.8) is 0 Å². The van der Waals surface area contributed by atoms with E-state index in [1.165, 1.54) is 212 Å². The van der Waals surface area contributed by atoms with Crippen LogP contribution in [0.15, 0.2) is 60.8 Å². The smallest absolute Gasteiger partial charge is 0.306 e. The van der Waals surface area contributed by atoms with Gasteiger partial charge in [0.2, 0.25) is 0 Å². The van der Waals surface area contributed by atoms with Crippen LogP contribution in [-0.2, 0) is 28.6 Å². The number of hydrogen-bond donors (Lipinski definition) is 0. The van der Waals surface area contributed by atoms with E-state index in [2.05, 4.69) is 81.5 Å². The molecule has 430 valence electrons. The predicted molar refractivity (Wildman–Crippen MR) is 321 cm³/mol. The van der Waals surface area contributed by atoms with E-state index in [4.69, 9.17) is 14.2 Å². The van der Waals surface area contributed by atoms with Crippen LogP contribution in [0.5, 0.6) is 0 Å². The number of hydrogen-bond acceptors (Lipinski definition) is 6. The summed E-state index contributed by atoms with van der Waals surface area (Å²) in [5.41, 5.74) is 0. The zero-order valence-electron chi connectivity index (χ0n) is 49.4. The third-order valence-electron chi connectivity index (χ3n) is 14.2. The minimum Gasteiger partial charge on any atom is -0.462 e. The second-order valence-electron chi connectivity index (χ2n) is 21.6. The monoisotopic (exact) mass is 1030 g/mol. The molecule has 6 nitrogen and oxygen atoms in total. The molecule has 0 aromatic carbocycles. The number of rotatable bonds is 59. The summed E-state index contributed by atoms with van der Waals surface area (Å²) in [4.78, 5) is 38.3. The Kier molecular flexibility index (Phi) is 60.2. The molecule has 0 radical (unpaired) electrons. The molecule has 0 fully saturated rings. The molecule has 0 aliphatic heterocycles. The van der Waals surface area contributed by atoms with E-state index in [9.17, 15) is 14.4 Å². The zero-order valence-corrected chi connectivity index (χ0v) is 49.4. The average Bonchev–Trinajstić information content (AvgIpc) is 3.40. The van der Waals surface area contributed by atoms with Gasteiger partial charge in [0.15, 0.2) is 6.10 Å². The molecular formula is C68H122O6. The van der Waals surface area contributed by atoms with Crippen LogP contribution in [0.2, 0.25) is 0 Å². The fourth-order valence-electron chi connectivity index (χ4n) is 9.39. The average molecular weight is 1040 g/mol. The van der Waals surface area contributed by atoms with Crippen LogP contribution in [-0.4, -0.2) is 37.2 Å². The lowest BCUT2D eigenvalue weighted by Crippen LogP contribution is -2.30. The first-order chi connectivity index (χ1) is 36.5. The van der Waals surface area contributed by atoms with E-state index >= 15 is 0 Å². The van der Waals surface area contributed by atoms with Crippen LogP contribution in [0, 0.1) is 0 Å². The molecule has 0 bridgehead atoms. The Labute approximate surface area is 460 Å². The van der Waals surface area contributed by atoms with Crippen molar-refractivity contribution in [3.8, 4) is 0 Å². The fourth-order valence-corrected chi connectivity index (χ4v) is 9.39. The molecule has 0 heterocycles. The van der Waals surface area contributed by atoms with Crippen molar-refractivity contribution in [3.05, 3.63) is 60.8 Å². The first-order valence-corrected chi connectivity index (χ1v) is 32.3. The molecule has 0 saturated heterocycles. The topological polar surface area (TPSA) is 78.9 Å². The second-order valence-corrected chi connectivity index (χ2v) is 21.6. The van der Waals surface area contributed by atoms with Crippen molar-refractivity contribution < 1.29 is 28.6 Å². The summed E-state index contributed by atoms with van der Waals surface area (Å²) in [6.45, 7) is 6.54. The van der Waals surface area contributed by atoms with Gasteiger partial charge in [-0.1, -0.05) is 274 Å². The van der Waals surface area contributed by atoms with E-state index in [1.54, 1.807) is 0 Å². The highest BCUT2D eigenvalue weighted by Gasteiger charge is 2.19. The Morgan fingerprint density at radius 2 is 0.527 bits per heavy atom. The Morgan fingerprint density at radius 1 is 0.284 bits per heavy atom. The zero-order chi connectivity index (χ0) is 53.6. The van der Waals surface area contributed by atoms with Crippen molar-refractivity contribution in [1.29, 1.82) is 0 Å². The van der Waals surface area contributed by atoms with Gasteiger partial charge in [-0.25, -0.2) is 0 Å². The second kappa shape index (κ2) is 62.6. The molecule has 0 spiro atoms. The highest BCUT2D eigenvalue weighted by atomic mass is 16.6. The Hall–Kier alpha value is -2.89. The number of carbonyl (C=O) groups excluding carboxylic acids is 3. The first kappa shape index (κ1) is 71.1. The minimum atomic E-state index is -0.789. The third kappa shape index (κ3) is 60.0. The van der Waals surface area contributed by atoms with E-state index in [0.29, 0.717) is 19.3 Å². The maximum atomic E-state index is 12.9. The minimum absolute atomic E-state index is 0.0834. The van der Waals surface area contributed by atoms with Crippen molar-refractivity contribution in [1.82, 2.24) is 0 Å². The van der Waals surface area contributed by atoms with Crippen molar-refractivity contribution in [2.75, 3.05) is 13.2 Å². The molecular weight excluding hydrogens is 913 g/mol. The number of allylic oxidation sites excluding steroid dienone is 10. The summed E-state index contributed by atoms with van der Waals surface area (Å²) in [5, 5.41) is 0. The van der Waals surface area contributed by atoms with E-state index in [1.807, 2.05) is 0 Å². The molecule has 1 atom stereocenters. The molecule has 0 amide bonds. The third-order valence-corrected chi connectivity index (χ3v) is 14.2. The van der Waals surface area contributed by atoms with Gasteiger partial charge in [-0.05, 0) is 103 Å². The van der Waals surface area contributed by atoms with Gasteiger partial charge in [-0.15, -0.1) is 0 Å². The number of carbonyl (C=O) groups is 3. The van der Waals surface area contributed by atoms with Gasteiger partial charge in [-0.3, -0.25) is 14.4 Å². The van der Waals surface area contributed by atoms with Gasteiger partial charge in [0.1, 0.15) is 13.2 Å². The number of ether oxygens (including phenoxy) is 3. The summed E-state index contributed by atoms with van der Waals surface area (Å²) in [6.07, 6.45) is 79.5. The van der Waals surface area contributed by atoms with Crippen molar-refractivity contribution >= 4 is 17.9 Å². The normalized spacial score (nSPS) is 12.4. The molecule has 0 saturated carbocycles. The predicted octanol–water partition coefficient (Wildman–Crippen LogP) is 21.9. The summed E-state index contributed by atoms with van der Waals surface area (Å²) in [7, 11) is 0. The molecule has 0 rings (SSSR count). The Bertz CT molecular complexity index is 1330. The lowest BCUT2D eigenvalue weighted by atomic mass is 10.0. The van der Waals surface area contributed by atoms with Crippen LogP contribution in [0.25, 0.3) is 0 Å². The summed E-state index contributed by atoms with van der Waals surface area (Å²) < 4.78 is 16.9. The van der Waals surface area contributed by atoms with Crippen LogP contribution in [0.4, 0.5) is 0 Å². The highest BCUT2D eigenvalue weighted by Crippen LogP contribution is 2.17. The maximum absolute atomic E-state index is 12.9. The number of unbranched alkanes of at least 4 members (excludes halogenated alkanes) is 38. The number of esters is 3. The Morgan fingerprint density at radius 3 is 0.851 bits per heavy atom. The first-order valence-electron chi connectivity index (χ1n) is 32.3. The summed E-state index contributed by atoms with van der Waals surface area (Å²) >= 11 is 0. The summed E-state index contributed by atoms with van der Waals surface area (Å²) in [6, 6.07) is 0. The summed E-state index contributed by atoms with van der Waals surface area (Å²) in [5.74, 6) is -0.903. The molecule has 6 heteroatoms. The highest BCUT2D eigenvalue weighted by molar-refractivity contribution is 5.71. The van der Waals surface area contributed by atoms with Gasteiger partial charge >= 0.3 is 17.9 Å². The molecule has 0 aromatic rings. The molecule has 0 N–H and O–H groups in total.